The van der Waals surface area contributed by atoms with Crippen molar-refractivity contribution >= 4 is 0 Å². The minimum atomic E-state index is 0.514. The molecule has 1 spiro atoms. The van der Waals surface area contributed by atoms with Crippen LogP contribution in [0.1, 0.15) is 58.3 Å². The molecule has 0 atom stereocenters. The second kappa shape index (κ2) is 5.50. The Kier molecular flexibility index (Phi) is 3.95. The number of hydrogen-bond acceptors (Lipinski definition) is 2. The molecule has 0 radical (unpaired) electrons. The van der Waals surface area contributed by atoms with Crippen molar-refractivity contribution in [1.82, 2.24) is 10.2 Å². The number of hydrogen-bond donors (Lipinski definition) is 1. The topological polar surface area (TPSA) is 15.3 Å². The summed E-state index contributed by atoms with van der Waals surface area (Å²) >= 11 is 0. The quantitative estimate of drug-likeness (QED) is 0.810. The van der Waals surface area contributed by atoms with E-state index in [0.29, 0.717) is 5.54 Å². The van der Waals surface area contributed by atoms with Gasteiger partial charge in [-0.2, -0.15) is 0 Å². The third-order valence-corrected chi connectivity index (χ3v) is 5.67. The van der Waals surface area contributed by atoms with E-state index in [2.05, 4.69) is 17.1 Å². The van der Waals surface area contributed by atoms with Crippen molar-refractivity contribution in [2.45, 2.75) is 63.8 Å². The molecule has 104 valence electrons. The van der Waals surface area contributed by atoms with Gasteiger partial charge in [-0.05, 0) is 37.5 Å². The first-order valence-electron chi connectivity index (χ1n) is 8.23. The minimum Gasteiger partial charge on any atom is -0.309 e. The average Bonchev–Trinajstić information content (AvgIpc) is 2.80. The molecular weight excluding hydrogens is 220 g/mol. The molecule has 3 fully saturated rings. The van der Waals surface area contributed by atoms with Crippen molar-refractivity contribution in [1.29, 1.82) is 0 Å². The van der Waals surface area contributed by atoms with Gasteiger partial charge in [-0.3, -0.25) is 4.90 Å². The summed E-state index contributed by atoms with van der Waals surface area (Å²) in [7, 11) is 0. The summed E-state index contributed by atoms with van der Waals surface area (Å²) in [5.41, 5.74) is 0.514. The lowest BCUT2D eigenvalue weighted by Crippen LogP contribution is -2.59. The highest BCUT2D eigenvalue weighted by Gasteiger charge is 2.38. The maximum atomic E-state index is 3.83. The van der Waals surface area contributed by atoms with Gasteiger partial charge in [0.15, 0.2) is 0 Å². The van der Waals surface area contributed by atoms with Gasteiger partial charge in [0.05, 0.1) is 0 Å². The summed E-state index contributed by atoms with van der Waals surface area (Å²) in [5, 5.41) is 3.83. The summed E-state index contributed by atoms with van der Waals surface area (Å²) in [5.74, 6) is 1.99. The van der Waals surface area contributed by atoms with Gasteiger partial charge in [0.25, 0.3) is 0 Å². The molecule has 0 amide bonds. The first-order chi connectivity index (χ1) is 8.76. The largest absolute Gasteiger partial charge is 0.309 e. The van der Waals surface area contributed by atoms with E-state index in [9.17, 15) is 0 Å². The fraction of sp³-hybridized carbons (Fsp3) is 1.00. The molecule has 0 unspecified atom stereocenters. The van der Waals surface area contributed by atoms with Crippen LogP contribution in [0, 0.1) is 11.8 Å². The smallest absolute Gasteiger partial charge is 0.0309 e. The highest BCUT2D eigenvalue weighted by molar-refractivity contribution is 4.98. The molecule has 0 aromatic rings. The van der Waals surface area contributed by atoms with E-state index >= 15 is 0 Å². The SMILES string of the molecule is CC1CCC(CN2CCNC3(CCCC3)C2)CC1. The Hall–Kier alpha value is -0.0800. The van der Waals surface area contributed by atoms with Crippen LogP contribution < -0.4 is 5.32 Å². The predicted molar refractivity (Wildman–Crippen MR) is 76.8 cm³/mol. The predicted octanol–water partition coefficient (Wildman–Crippen LogP) is 3.03. The average molecular weight is 250 g/mol. The van der Waals surface area contributed by atoms with Gasteiger partial charge in [-0.25, -0.2) is 0 Å². The molecule has 3 aliphatic rings. The fourth-order valence-electron chi connectivity index (χ4n) is 4.46. The van der Waals surface area contributed by atoms with Crippen LogP contribution in [0.25, 0.3) is 0 Å². The van der Waals surface area contributed by atoms with Gasteiger partial charge < -0.3 is 5.32 Å². The van der Waals surface area contributed by atoms with E-state index in [0.717, 1.165) is 11.8 Å². The molecule has 0 aromatic heterocycles. The van der Waals surface area contributed by atoms with Gasteiger partial charge in [0.2, 0.25) is 0 Å². The van der Waals surface area contributed by atoms with Gasteiger partial charge in [0.1, 0.15) is 0 Å². The maximum absolute atomic E-state index is 3.83. The Morgan fingerprint density at radius 3 is 2.56 bits per heavy atom. The summed E-state index contributed by atoms with van der Waals surface area (Å²) in [6.45, 7) is 7.65. The van der Waals surface area contributed by atoms with Crippen molar-refractivity contribution in [3.8, 4) is 0 Å². The number of piperazine rings is 1. The number of rotatable bonds is 2. The number of nitrogens with one attached hydrogen (secondary N) is 1. The van der Waals surface area contributed by atoms with Crippen molar-refractivity contribution in [2.75, 3.05) is 26.2 Å². The van der Waals surface area contributed by atoms with Crippen LogP contribution in [0.3, 0.4) is 0 Å². The molecule has 2 saturated carbocycles. The van der Waals surface area contributed by atoms with E-state index in [4.69, 9.17) is 0 Å². The monoisotopic (exact) mass is 250 g/mol. The fourth-order valence-corrected chi connectivity index (χ4v) is 4.46. The Morgan fingerprint density at radius 2 is 1.83 bits per heavy atom. The molecule has 0 aromatic carbocycles. The molecule has 1 saturated heterocycles. The summed E-state index contributed by atoms with van der Waals surface area (Å²) in [6, 6.07) is 0. The van der Waals surface area contributed by atoms with E-state index in [1.165, 1.54) is 77.5 Å². The van der Waals surface area contributed by atoms with Crippen LogP contribution in [0.5, 0.6) is 0 Å². The molecule has 2 aliphatic carbocycles. The minimum absolute atomic E-state index is 0.514. The van der Waals surface area contributed by atoms with Gasteiger partial charge in [-0.1, -0.05) is 32.6 Å². The van der Waals surface area contributed by atoms with Crippen molar-refractivity contribution in [3.63, 3.8) is 0 Å². The molecule has 3 rings (SSSR count). The molecule has 1 heterocycles. The van der Waals surface area contributed by atoms with E-state index in [1.807, 2.05) is 0 Å². The van der Waals surface area contributed by atoms with Crippen LogP contribution >= 0.6 is 0 Å². The normalized spacial score (nSPS) is 37.2. The lowest BCUT2D eigenvalue weighted by atomic mass is 9.82. The Labute approximate surface area is 113 Å². The highest BCUT2D eigenvalue weighted by atomic mass is 15.2. The summed E-state index contributed by atoms with van der Waals surface area (Å²) in [6.07, 6.45) is 11.7. The lowest BCUT2D eigenvalue weighted by molar-refractivity contribution is 0.104. The van der Waals surface area contributed by atoms with E-state index in [-0.39, 0.29) is 0 Å². The zero-order chi connectivity index (χ0) is 12.4. The second-order valence-electron chi connectivity index (χ2n) is 7.28. The second-order valence-corrected chi connectivity index (χ2v) is 7.28. The van der Waals surface area contributed by atoms with Crippen LogP contribution in [-0.4, -0.2) is 36.6 Å². The molecule has 1 aliphatic heterocycles. The third-order valence-electron chi connectivity index (χ3n) is 5.67. The summed E-state index contributed by atoms with van der Waals surface area (Å²) in [4.78, 5) is 2.78. The first kappa shape index (κ1) is 12.9. The van der Waals surface area contributed by atoms with E-state index < -0.39 is 0 Å². The highest BCUT2D eigenvalue weighted by Crippen LogP contribution is 2.34. The van der Waals surface area contributed by atoms with Crippen LogP contribution in [-0.2, 0) is 0 Å². The molecule has 1 N–H and O–H groups in total. The maximum Gasteiger partial charge on any atom is 0.0309 e. The Balaban J connectivity index is 1.50. The molecule has 18 heavy (non-hydrogen) atoms. The number of nitrogens with zero attached hydrogens (tertiary/aromatic N) is 1. The molecule has 2 heteroatoms. The van der Waals surface area contributed by atoms with Gasteiger partial charge in [-0.15, -0.1) is 0 Å². The molecule has 0 bridgehead atoms. The first-order valence-corrected chi connectivity index (χ1v) is 8.23. The lowest BCUT2D eigenvalue weighted by Gasteiger charge is -2.43. The summed E-state index contributed by atoms with van der Waals surface area (Å²) < 4.78 is 0. The van der Waals surface area contributed by atoms with E-state index in [1.54, 1.807) is 0 Å². The third kappa shape index (κ3) is 2.91. The Morgan fingerprint density at radius 1 is 1.11 bits per heavy atom. The van der Waals surface area contributed by atoms with Crippen molar-refractivity contribution in [2.24, 2.45) is 11.8 Å². The molecule has 2 nitrogen and oxygen atoms in total. The zero-order valence-corrected chi connectivity index (χ0v) is 12.1. The van der Waals surface area contributed by atoms with Crippen LogP contribution in [0.4, 0.5) is 0 Å². The van der Waals surface area contributed by atoms with Gasteiger partial charge in [0, 0.05) is 31.7 Å². The van der Waals surface area contributed by atoms with Gasteiger partial charge >= 0.3 is 0 Å². The molecular formula is C16H30N2. The van der Waals surface area contributed by atoms with Crippen LogP contribution in [0.15, 0.2) is 0 Å². The Bertz CT molecular complexity index is 262. The van der Waals surface area contributed by atoms with Crippen molar-refractivity contribution in [3.05, 3.63) is 0 Å². The van der Waals surface area contributed by atoms with Crippen molar-refractivity contribution < 1.29 is 0 Å². The standard InChI is InChI=1S/C16H30N2/c1-14-4-6-15(7-5-14)12-18-11-10-17-16(13-18)8-2-3-9-16/h14-15,17H,2-13H2,1H3. The zero-order valence-electron chi connectivity index (χ0n) is 12.1. The van der Waals surface area contributed by atoms with Crippen LogP contribution in [0.2, 0.25) is 0 Å².